The lowest BCUT2D eigenvalue weighted by atomic mass is 10.2. The molecule has 5 nitrogen and oxygen atoms in total. The monoisotopic (exact) mass is 326 g/mol. The number of halogens is 2. The van der Waals surface area contributed by atoms with Crippen molar-refractivity contribution >= 4 is 28.9 Å². The fourth-order valence-electron chi connectivity index (χ4n) is 1.83. The van der Waals surface area contributed by atoms with Crippen LogP contribution in [0.4, 0.5) is 5.69 Å². The van der Waals surface area contributed by atoms with Gasteiger partial charge in [0.15, 0.2) is 5.75 Å². The Labute approximate surface area is 131 Å². The van der Waals surface area contributed by atoms with Crippen molar-refractivity contribution < 1.29 is 9.66 Å². The van der Waals surface area contributed by atoms with Crippen LogP contribution in [0.2, 0.25) is 10.0 Å². The second-order valence-corrected chi connectivity index (χ2v) is 5.07. The standard InChI is InChI=1S/C14H12Cl2N2O3/c1-17-8-9-3-2-4-11(16)14(9)21-13-7-10(15)5-6-12(13)18(19)20/h2-7,17H,8H2,1H3. The quantitative estimate of drug-likeness (QED) is 0.652. The minimum absolute atomic E-state index is 0.0537. The molecule has 2 aromatic carbocycles. The largest absolute Gasteiger partial charge is 0.448 e. The molecule has 0 saturated carbocycles. The Hall–Kier alpha value is -1.82. The number of nitro benzene ring substituents is 1. The van der Waals surface area contributed by atoms with E-state index in [2.05, 4.69) is 5.32 Å². The molecule has 0 radical (unpaired) electrons. The van der Waals surface area contributed by atoms with Gasteiger partial charge in [0.1, 0.15) is 0 Å². The van der Waals surface area contributed by atoms with Crippen LogP contribution in [-0.2, 0) is 6.54 Å². The summed E-state index contributed by atoms with van der Waals surface area (Å²) in [5, 5.41) is 14.8. The summed E-state index contributed by atoms with van der Waals surface area (Å²) in [6.45, 7) is 0.518. The van der Waals surface area contributed by atoms with E-state index in [-0.39, 0.29) is 11.4 Å². The van der Waals surface area contributed by atoms with Crippen molar-refractivity contribution in [2.45, 2.75) is 6.54 Å². The number of nitrogens with one attached hydrogen (secondary N) is 1. The molecule has 0 heterocycles. The summed E-state index contributed by atoms with van der Waals surface area (Å²) in [6, 6.07) is 9.40. The number of ether oxygens (including phenoxy) is 1. The minimum atomic E-state index is -0.528. The molecule has 0 aliphatic rings. The highest BCUT2D eigenvalue weighted by atomic mass is 35.5. The van der Waals surface area contributed by atoms with Crippen LogP contribution in [0.15, 0.2) is 36.4 Å². The fraction of sp³-hybridized carbons (Fsp3) is 0.143. The van der Waals surface area contributed by atoms with E-state index >= 15 is 0 Å². The minimum Gasteiger partial charge on any atom is -0.448 e. The number of hydrogen-bond acceptors (Lipinski definition) is 4. The molecule has 7 heteroatoms. The van der Waals surface area contributed by atoms with Gasteiger partial charge in [0.2, 0.25) is 5.75 Å². The molecule has 0 aliphatic heterocycles. The lowest BCUT2D eigenvalue weighted by Gasteiger charge is -2.13. The topological polar surface area (TPSA) is 64.4 Å². The van der Waals surface area contributed by atoms with E-state index in [1.165, 1.54) is 18.2 Å². The number of nitrogens with zero attached hydrogens (tertiary/aromatic N) is 1. The van der Waals surface area contributed by atoms with E-state index in [4.69, 9.17) is 27.9 Å². The first-order chi connectivity index (χ1) is 10.0. The van der Waals surface area contributed by atoms with Gasteiger partial charge in [0.25, 0.3) is 0 Å². The van der Waals surface area contributed by atoms with Crippen LogP contribution in [0.5, 0.6) is 11.5 Å². The van der Waals surface area contributed by atoms with Crippen LogP contribution < -0.4 is 10.1 Å². The van der Waals surface area contributed by atoms with Gasteiger partial charge < -0.3 is 10.1 Å². The molecule has 2 aromatic rings. The Bertz CT molecular complexity index is 677. The molecule has 2 rings (SSSR count). The second-order valence-electron chi connectivity index (χ2n) is 4.23. The molecule has 1 N–H and O–H groups in total. The van der Waals surface area contributed by atoms with Crippen LogP contribution >= 0.6 is 23.2 Å². The smallest absolute Gasteiger partial charge is 0.311 e. The average molecular weight is 327 g/mol. The van der Waals surface area contributed by atoms with Crippen molar-refractivity contribution in [1.82, 2.24) is 5.32 Å². The molecule has 0 unspecified atom stereocenters. The highest BCUT2D eigenvalue weighted by molar-refractivity contribution is 6.32. The van der Waals surface area contributed by atoms with Gasteiger partial charge in [-0.25, -0.2) is 0 Å². The summed E-state index contributed by atoms with van der Waals surface area (Å²) in [5.74, 6) is 0.428. The van der Waals surface area contributed by atoms with Gasteiger partial charge in [-0.1, -0.05) is 35.3 Å². The third-order valence-corrected chi connectivity index (χ3v) is 3.28. The highest BCUT2D eigenvalue weighted by Gasteiger charge is 2.18. The van der Waals surface area contributed by atoms with Gasteiger partial charge in [0.05, 0.1) is 9.95 Å². The third kappa shape index (κ3) is 3.64. The molecule has 110 valence electrons. The van der Waals surface area contributed by atoms with Crippen molar-refractivity contribution in [2.24, 2.45) is 0 Å². The van der Waals surface area contributed by atoms with E-state index < -0.39 is 4.92 Å². The van der Waals surface area contributed by atoms with E-state index in [0.717, 1.165) is 5.56 Å². The van der Waals surface area contributed by atoms with Gasteiger partial charge in [-0.3, -0.25) is 10.1 Å². The maximum Gasteiger partial charge on any atom is 0.311 e. The number of para-hydroxylation sites is 1. The SMILES string of the molecule is CNCc1cccc(Cl)c1Oc1cc(Cl)ccc1[N+](=O)[O-]. The van der Waals surface area contributed by atoms with Crippen LogP contribution in [0.25, 0.3) is 0 Å². The summed E-state index contributed by atoms with van der Waals surface area (Å²) in [4.78, 5) is 10.5. The summed E-state index contributed by atoms with van der Waals surface area (Å²) in [7, 11) is 1.78. The summed E-state index contributed by atoms with van der Waals surface area (Å²) in [6.07, 6.45) is 0. The van der Waals surface area contributed by atoms with E-state index in [1.54, 1.807) is 19.2 Å². The molecular weight excluding hydrogens is 315 g/mol. The average Bonchev–Trinajstić information content (AvgIpc) is 2.42. The molecular formula is C14H12Cl2N2O3. The molecule has 0 bridgehead atoms. The van der Waals surface area contributed by atoms with Crippen LogP contribution in [-0.4, -0.2) is 12.0 Å². The maximum atomic E-state index is 11.1. The summed E-state index contributed by atoms with van der Waals surface area (Å²) in [5.41, 5.74) is 0.619. The van der Waals surface area contributed by atoms with Gasteiger partial charge in [-0.05, 0) is 19.2 Å². The highest BCUT2D eigenvalue weighted by Crippen LogP contribution is 2.38. The molecule has 0 aliphatic carbocycles. The Morgan fingerprint density at radius 2 is 2.05 bits per heavy atom. The van der Waals surface area contributed by atoms with Gasteiger partial charge >= 0.3 is 5.69 Å². The Balaban J connectivity index is 2.47. The zero-order chi connectivity index (χ0) is 15.4. The molecule has 0 amide bonds. The maximum absolute atomic E-state index is 11.1. The first-order valence-corrected chi connectivity index (χ1v) is 6.82. The van der Waals surface area contributed by atoms with Crippen LogP contribution in [0.3, 0.4) is 0 Å². The number of nitro groups is 1. The fourth-order valence-corrected chi connectivity index (χ4v) is 2.22. The number of hydrogen-bond donors (Lipinski definition) is 1. The molecule has 0 aromatic heterocycles. The molecule has 0 fully saturated rings. The van der Waals surface area contributed by atoms with E-state index in [0.29, 0.717) is 22.3 Å². The van der Waals surface area contributed by atoms with E-state index in [1.807, 2.05) is 6.07 Å². The van der Waals surface area contributed by atoms with Gasteiger partial charge in [0, 0.05) is 29.3 Å². The zero-order valence-electron chi connectivity index (χ0n) is 11.1. The first kappa shape index (κ1) is 15.6. The Kier molecular flexibility index (Phi) is 5.01. The van der Waals surface area contributed by atoms with Crippen molar-refractivity contribution in [3.8, 4) is 11.5 Å². The van der Waals surface area contributed by atoms with Crippen LogP contribution in [0.1, 0.15) is 5.56 Å². The van der Waals surface area contributed by atoms with Gasteiger partial charge in [-0.15, -0.1) is 0 Å². The van der Waals surface area contributed by atoms with Crippen molar-refractivity contribution in [2.75, 3.05) is 7.05 Å². The number of benzene rings is 2. The summed E-state index contributed by atoms with van der Waals surface area (Å²) < 4.78 is 5.67. The van der Waals surface area contributed by atoms with E-state index in [9.17, 15) is 10.1 Å². The zero-order valence-corrected chi connectivity index (χ0v) is 12.6. The lowest BCUT2D eigenvalue weighted by Crippen LogP contribution is -2.06. The predicted molar refractivity (Wildman–Crippen MR) is 82.4 cm³/mol. The Morgan fingerprint density at radius 3 is 2.71 bits per heavy atom. The predicted octanol–water partition coefficient (Wildman–Crippen LogP) is 4.41. The molecule has 0 atom stereocenters. The normalized spacial score (nSPS) is 10.4. The molecule has 0 spiro atoms. The van der Waals surface area contributed by atoms with Gasteiger partial charge in [-0.2, -0.15) is 0 Å². The third-order valence-electron chi connectivity index (χ3n) is 2.75. The Morgan fingerprint density at radius 1 is 1.29 bits per heavy atom. The van der Waals surface area contributed by atoms with Crippen molar-refractivity contribution in [3.05, 3.63) is 62.1 Å². The molecule has 21 heavy (non-hydrogen) atoms. The number of rotatable bonds is 5. The van der Waals surface area contributed by atoms with Crippen molar-refractivity contribution in [1.29, 1.82) is 0 Å². The molecule has 0 saturated heterocycles. The lowest BCUT2D eigenvalue weighted by molar-refractivity contribution is -0.385. The first-order valence-electron chi connectivity index (χ1n) is 6.06. The van der Waals surface area contributed by atoms with Crippen LogP contribution in [0, 0.1) is 10.1 Å². The van der Waals surface area contributed by atoms with Crippen molar-refractivity contribution in [3.63, 3.8) is 0 Å². The second kappa shape index (κ2) is 6.76. The summed E-state index contributed by atoms with van der Waals surface area (Å²) >= 11 is 12.0.